The summed E-state index contributed by atoms with van der Waals surface area (Å²) in [5.41, 5.74) is 2.03. The molecule has 1 nitrogen and oxygen atoms in total. The Kier molecular flexibility index (Phi) is 3.88. The minimum Gasteiger partial charge on any atom is -0.388 e. The molecule has 1 unspecified atom stereocenters. The van der Waals surface area contributed by atoms with E-state index in [1.54, 1.807) is 0 Å². The SMILES string of the molecule is Cc1ccc(C(O)CC2CCCC2)cc1Cl. The van der Waals surface area contributed by atoms with Crippen LogP contribution in [-0.4, -0.2) is 5.11 Å². The van der Waals surface area contributed by atoms with Crippen LogP contribution in [0.25, 0.3) is 0 Å². The standard InChI is InChI=1S/C14H19ClO/c1-10-6-7-12(9-13(10)15)14(16)8-11-4-2-3-5-11/h6-7,9,11,14,16H,2-5,8H2,1H3. The van der Waals surface area contributed by atoms with Gasteiger partial charge in [-0.15, -0.1) is 0 Å². The Morgan fingerprint density at radius 1 is 1.38 bits per heavy atom. The molecule has 1 saturated carbocycles. The van der Waals surface area contributed by atoms with Crippen LogP contribution in [-0.2, 0) is 0 Å². The molecule has 1 aromatic rings. The highest BCUT2D eigenvalue weighted by Gasteiger charge is 2.19. The lowest BCUT2D eigenvalue weighted by atomic mass is 9.95. The summed E-state index contributed by atoms with van der Waals surface area (Å²) >= 11 is 6.06. The summed E-state index contributed by atoms with van der Waals surface area (Å²) in [5.74, 6) is 0.704. The highest BCUT2D eigenvalue weighted by Crippen LogP contribution is 2.33. The van der Waals surface area contributed by atoms with Gasteiger partial charge in [0.1, 0.15) is 0 Å². The van der Waals surface area contributed by atoms with Crippen molar-refractivity contribution in [3.8, 4) is 0 Å². The van der Waals surface area contributed by atoms with Gasteiger partial charge in [0, 0.05) is 5.02 Å². The Bertz CT molecular complexity index is 356. The van der Waals surface area contributed by atoms with Crippen LogP contribution in [0, 0.1) is 12.8 Å². The lowest BCUT2D eigenvalue weighted by Gasteiger charge is -2.16. The lowest BCUT2D eigenvalue weighted by molar-refractivity contribution is 0.145. The second-order valence-electron chi connectivity index (χ2n) is 4.91. The Morgan fingerprint density at radius 3 is 2.69 bits per heavy atom. The Labute approximate surface area is 102 Å². The molecule has 2 rings (SSSR count). The maximum atomic E-state index is 10.1. The molecule has 1 fully saturated rings. The van der Waals surface area contributed by atoms with Gasteiger partial charge in [-0.3, -0.25) is 0 Å². The number of aliphatic hydroxyl groups excluding tert-OH is 1. The average Bonchev–Trinajstić information content (AvgIpc) is 2.74. The predicted octanol–water partition coefficient (Wildman–Crippen LogP) is 4.26. The zero-order chi connectivity index (χ0) is 11.5. The van der Waals surface area contributed by atoms with Crippen molar-refractivity contribution < 1.29 is 5.11 Å². The van der Waals surface area contributed by atoms with Crippen molar-refractivity contribution in [2.45, 2.75) is 45.1 Å². The van der Waals surface area contributed by atoms with Crippen molar-refractivity contribution in [1.29, 1.82) is 0 Å². The highest BCUT2D eigenvalue weighted by molar-refractivity contribution is 6.31. The summed E-state index contributed by atoms with van der Waals surface area (Å²) in [6, 6.07) is 5.87. The number of rotatable bonds is 3. The van der Waals surface area contributed by atoms with Gasteiger partial charge in [-0.25, -0.2) is 0 Å². The zero-order valence-corrected chi connectivity index (χ0v) is 10.5. The molecule has 16 heavy (non-hydrogen) atoms. The van der Waals surface area contributed by atoms with E-state index in [1.165, 1.54) is 25.7 Å². The molecule has 1 aliphatic carbocycles. The van der Waals surface area contributed by atoms with E-state index >= 15 is 0 Å². The van der Waals surface area contributed by atoms with Crippen LogP contribution in [0.3, 0.4) is 0 Å². The maximum Gasteiger partial charge on any atom is 0.0793 e. The van der Waals surface area contributed by atoms with Crippen molar-refractivity contribution in [3.63, 3.8) is 0 Å². The molecule has 1 N–H and O–H groups in total. The molecule has 1 aliphatic rings. The monoisotopic (exact) mass is 238 g/mol. The minimum absolute atomic E-state index is 0.346. The molecular formula is C14H19ClO. The number of benzene rings is 1. The van der Waals surface area contributed by atoms with E-state index in [9.17, 15) is 5.11 Å². The van der Waals surface area contributed by atoms with E-state index in [0.717, 1.165) is 22.6 Å². The molecule has 0 amide bonds. The van der Waals surface area contributed by atoms with E-state index in [-0.39, 0.29) is 6.10 Å². The van der Waals surface area contributed by atoms with Gasteiger partial charge in [0.2, 0.25) is 0 Å². The molecule has 0 aliphatic heterocycles. The van der Waals surface area contributed by atoms with Gasteiger partial charge in [0.15, 0.2) is 0 Å². The quantitative estimate of drug-likeness (QED) is 0.834. The topological polar surface area (TPSA) is 20.2 Å². The third-order valence-electron chi connectivity index (χ3n) is 3.61. The fourth-order valence-corrected chi connectivity index (χ4v) is 2.70. The normalized spacial score (nSPS) is 18.9. The molecule has 0 spiro atoms. The van der Waals surface area contributed by atoms with Crippen molar-refractivity contribution in [3.05, 3.63) is 34.3 Å². The van der Waals surface area contributed by atoms with Gasteiger partial charge >= 0.3 is 0 Å². The van der Waals surface area contributed by atoms with E-state index in [1.807, 2.05) is 25.1 Å². The van der Waals surface area contributed by atoms with Gasteiger partial charge in [-0.05, 0) is 36.5 Å². The van der Waals surface area contributed by atoms with Crippen LogP contribution < -0.4 is 0 Å². The largest absolute Gasteiger partial charge is 0.388 e. The first-order valence-electron chi connectivity index (χ1n) is 6.11. The lowest BCUT2D eigenvalue weighted by Crippen LogP contribution is -2.04. The molecular weight excluding hydrogens is 220 g/mol. The van der Waals surface area contributed by atoms with Gasteiger partial charge in [0.05, 0.1) is 6.10 Å². The smallest absolute Gasteiger partial charge is 0.0793 e. The minimum atomic E-state index is -0.346. The van der Waals surface area contributed by atoms with Crippen molar-refractivity contribution >= 4 is 11.6 Å². The van der Waals surface area contributed by atoms with Gasteiger partial charge in [-0.2, -0.15) is 0 Å². The first-order chi connectivity index (χ1) is 7.66. The van der Waals surface area contributed by atoms with Crippen molar-refractivity contribution in [2.75, 3.05) is 0 Å². The molecule has 2 heteroatoms. The number of hydrogen-bond acceptors (Lipinski definition) is 1. The summed E-state index contributed by atoms with van der Waals surface area (Å²) in [7, 11) is 0. The molecule has 0 heterocycles. The van der Waals surface area contributed by atoms with E-state index in [2.05, 4.69) is 0 Å². The fraction of sp³-hybridized carbons (Fsp3) is 0.571. The van der Waals surface area contributed by atoms with Crippen LogP contribution in [0.4, 0.5) is 0 Å². The van der Waals surface area contributed by atoms with Gasteiger partial charge in [0.25, 0.3) is 0 Å². The van der Waals surface area contributed by atoms with E-state index in [4.69, 9.17) is 11.6 Å². The van der Waals surface area contributed by atoms with E-state index < -0.39 is 0 Å². The van der Waals surface area contributed by atoms with Crippen LogP contribution in [0.1, 0.15) is 49.3 Å². The number of aryl methyl sites for hydroxylation is 1. The van der Waals surface area contributed by atoms with Gasteiger partial charge < -0.3 is 5.11 Å². The summed E-state index contributed by atoms with van der Waals surface area (Å²) in [5, 5.41) is 10.9. The first-order valence-corrected chi connectivity index (χ1v) is 6.48. The molecule has 1 aromatic carbocycles. The first kappa shape index (κ1) is 11.9. The molecule has 0 radical (unpaired) electrons. The average molecular weight is 239 g/mol. The third kappa shape index (κ3) is 2.78. The number of hydrogen-bond donors (Lipinski definition) is 1. The molecule has 0 bridgehead atoms. The van der Waals surface area contributed by atoms with Crippen molar-refractivity contribution in [2.24, 2.45) is 5.92 Å². The van der Waals surface area contributed by atoms with Crippen LogP contribution in [0.5, 0.6) is 0 Å². The van der Waals surface area contributed by atoms with E-state index in [0.29, 0.717) is 5.92 Å². The van der Waals surface area contributed by atoms with Gasteiger partial charge in [-0.1, -0.05) is 49.4 Å². The van der Waals surface area contributed by atoms with Crippen molar-refractivity contribution in [1.82, 2.24) is 0 Å². The molecule has 1 atom stereocenters. The zero-order valence-electron chi connectivity index (χ0n) is 9.75. The summed E-state index contributed by atoms with van der Waals surface area (Å²) in [4.78, 5) is 0. The predicted molar refractivity (Wildman–Crippen MR) is 67.7 cm³/mol. The Morgan fingerprint density at radius 2 is 2.06 bits per heavy atom. The molecule has 0 saturated heterocycles. The van der Waals surface area contributed by atoms with Crippen LogP contribution in [0.2, 0.25) is 5.02 Å². The number of aliphatic hydroxyl groups is 1. The fourth-order valence-electron chi connectivity index (χ4n) is 2.51. The second kappa shape index (κ2) is 5.20. The maximum absolute atomic E-state index is 10.1. The number of halogens is 1. The molecule has 88 valence electrons. The Balaban J connectivity index is 2.02. The molecule has 0 aromatic heterocycles. The summed E-state index contributed by atoms with van der Waals surface area (Å²) < 4.78 is 0. The second-order valence-corrected chi connectivity index (χ2v) is 5.32. The Hall–Kier alpha value is -0.530. The summed E-state index contributed by atoms with van der Waals surface area (Å²) in [6.45, 7) is 1.98. The third-order valence-corrected chi connectivity index (χ3v) is 4.02. The van der Waals surface area contributed by atoms with Crippen LogP contribution in [0.15, 0.2) is 18.2 Å². The van der Waals surface area contributed by atoms with Crippen LogP contribution >= 0.6 is 11.6 Å². The summed E-state index contributed by atoms with van der Waals surface area (Å²) in [6.07, 6.45) is 5.74. The highest BCUT2D eigenvalue weighted by atomic mass is 35.5.